The van der Waals surface area contributed by atoms with Crippen molar-refractivity contribution in [3.63, 3.8) is 0 Å². The maximum atomic E-state index is 11.7. The Hall–Kier alpha value is -1.03. The SMILES string of the molecule is O=C(NCC1CC=CCC1)NC1CCCCC1O. The fourth-order valence-electron chi connectivity index (χ4n) is 2.78. The minimum absolute atomic E-state index is 0.0648. The van der Waals surface area contributed by atoms with E-state index in [1.165, 1.54) is 0 Å². The van der Waals surface area contributed by atoms with E-state index in [0.717, 1.165) is 51.5 Å². The highest BCUT2D eigenvalue weighted by Gasteiger charge is 2.24. The van der Waals surface area contributed by atoms with E-state index < -0.39 is 0 Å². The molecule has 102 valence electrons. The zero-order valence-corrected chi connectivity index (χ0v) is 10.9. The number of urea groups is 1. The molecule has 1 saturated carbocycles. The Labute approximate surface area is 109 Å². The lowest BCUT2D eigenvalue weighted by Gasteiger charge is -2.28. The molecule has 0 saturated heterocycles. The van der Waals surface area contributed by atoms with Crippen molar-refractivity contribution in [2.24, 2.45) is 5.92 Å². The molecule has 0 aliphatic heterocycles. The molecule has 1 fully saturated rings. The van der Waals surface area contributed by atoms with Gasteiger partial charge in [0, 0.05) is 6.54 Å². The van der Waals surface area contributed by atoms with Crippen LogP contribution in [0.25, 0.3) is 0 Å². The van der Waals surface area contributed by atoms with Gasteiger partial charge in [0.2, 0.25) is 0 Å². The van der Waals surface area contributed by atoms with Crippen molar-refractivity contribution in [3.05, 3.63) is 12.2 Å². The Morgan fingerprint density at radius 2 is 2.06 bits per heavy atom. The van der Waals surface area contributed by atoms with E-state index in [2.05, 4.69) is 22.8 Å². The predicted octanol–water partition coefficient (Wildman–Crippen LogP) is 1.95. The van der Waals surface area contributed by atoms with Gasteiger partial charge in [0.1, 0.15) is 0 Å². The van der Waals surface area contributed by atoms with Crippen LogP contribution < -0.4 is 10.6 Å². The minimum Gasteiger partial charge on any atom is -0.391 e. The highest BCUT2D eigenvalue weighted by Crippen LogP contribution is 2.19. The normalized spacial score (nSPS) is 31.9. The molecular formula is C14H24N2O2. The van der Waals surface area contributed by atoms with E-state index in [1.807, 2.05) is 0 Å². The quantitative estimate of drug-likeness (QED) is 0.672. The average molecular weight is 252 g/mol. The number of nitrogens with one attached hydrogen (secondary N) is 2. The second-order valence-electron chi connectivity index (χ2n) is 5.46. The van der Waals surface area contributed by atoms with Gasteiger partial charge in [-0.1, -0.05) is 25.0 Å². The van der Waals surface area contributed by atoms with E-state index in [9.17, 15) is 9.90 Å². The lowest BCUT2D eigenvalue weighted by atomic mass is 9.92. The molecule has 0 aromatic heterocycles. The van der Waals surface area contributed by atoms with Crippen molar-refractivity contribution in [1.29, 1.82) is 0 Å². The number of amides is 2. The van der Waals surface area contributed by atoms with Gasteiger partial charge < -0.3 is 15.7 Å². The summed E-state index contributed by atoms with van der Waals surface area (Å²) in [6.07, 6.45) is 11.2. The first-order valence-electron chi connectivity index (χ1n) is 7.13. The summed E-state index contributed by atoms with van der Waals surface area (Å²) in [5.41, 5.74) is 0. The van der Waals surface area contributed by atoms with E-state index in [4.69, 9.17) is 0 Å². The number of aliphatic hydroxyl groups is 1. The average Bonchev–Trinajstić information content (AvgIpc) is 2.40. The summed E-state index contributed by atoms with van der Waals surface area (Å²) in [6, 6.07) is -0.194. The summed E-state index contributed by atoms with van der Waals surface area (Å²) in [5.74, 6) is 0.567. The molecule has 4 heteroatoms. The van der Waals surface area contributed by atoms with Gasteiger partial charge in [-0.2, -0.15) is 0 Å². The smallest absolute Gasteiger partial charge is 0.315 e. The third-order valence-electron chi connectivity index (χ3n) is 3.97. The largest absolute Gasteiger partial charge is 0.391 e. The summed E-state index contributed by atoms with van der Waals surface area (Å²) >= 11 is 0. The molecule has 3 atom stereocenters. The van der Waals surface area contributed by atoms with E-state index in [-0.39, 0.29) is 18.2 Å². The van der Waals surface area contributed by atoms with Crippen molar-refractivity contribution in [2.75, 3.05) is 6.54 Å². The van der Waals surface area contributed by atoms with Crippen molar-refractivity contribution in [3.8, 4) is 0 Å². The molecule has 0 aromatic rings. The number of aliphatic hydroxyl groups excluding tert-OH is 1. The van der Waals surface area contributed by atoms with Crippen LogP contribution >= 0.6 is 0 Å². The Balaban J connectivity index is 1.66. The predicted molar refractivity (Wildman–Crippen MR) is 71.3 cm³/mol. The van der Waals surface area contributed by atoms with Crippen molar-refractivity contribution in [1.82, 2.24) is 10.6 Å². The molecule has 3 unspecified atom stereocenters. The fraction of sp³-hybridized carbons (Fsp3) is 0.786. The second kappa shape index (κ2) is 6.78. The standard InChI is InChI=1S/C14H24N2O2/c17-13-9-5-4-8-12(13)16-14(18)15-10-11-6-2-1-3-7-11/h1-2,11-13,17H,3-10H2,(H2,15,16,18). The summed E-state index contributed by atoms with van der Waals surface area (Å²) in [6.45, 7) is 0.735. The van der Waals surface area contributed by atoms with Gasteiger partial charge in [-0.25, -0.2) is 4.79 Å². The first kappa shape index (κ1) is 13.4. The summed E-state index contributed by atoms with van der Waals surface area (Å²) in [5, 5.41) is 15.6. The van der Waals surface area contributed by atoms with Crippen molar-refractivity contribution >= 4 is 6.03 Å². The Morgan fingerprint density at radius 3 is 2.78 bits per heavy atom. The molecule has 18 heavy (non-hydrogen) atoms. The van der Waals surface area contributed by atoms with Crippen LogP contribution in [0.5, 0.6) is 0 Å². The van der Waals surface area contributed by atoms with Gasteiger partial charge >= 0.3 is 6.03 Å². The van der Waals surface area contributed by atoms with Crippen LogP contribution in [0.2, 0.25) is 0 Å². The fourth-order valence-corrected chi connectivity index (χ4v) is 2.78. The number of hydrogen-bond donors (Lipinski definition) is 3. The van der Waals surface area contributed by atoms with Gasteiger partial charge in [0.25, 0.3) is 0 Å². The van der Waals surface area contributed by atoms with Crippen LogP contribution in [-0.2, 0) is 0 Å². The molecule has 0 heterocycles. The molecule has 4 nitrogen and oxygen atoms in total. The van der Waals surface area contributed by atoms with Gasteiger partial charge in [-0.05, 0) is 38.0 Å². The summed E-state index contributed by atoms with van der Waals surface area (Å²) < 4.78 is 0. The molecule has 2 amide bonds. The maximum Gasteiger partial charge on any atom is 0.315 e. The summed E-state index contributed by atoms with van der Waals surface area (Å²) in [4.78, 5) is 11.7. The second-order valence-corrected chi connectivity index (χ2v) is 5.46. The topological polar surface area (TPSA) is 61.4 Å². The first-order chi connectivity index (χ1) is 8.75. The monoisotopic (exact) mass is 252 g/mol. The molecule has 0 aromatic carbocycles. The Kier molecular flexibility index (Phi) is 5.05. The van der Waals surface area contributed by atoms with Crippen molar-refractivity contribution in [2.45, 2.75) is 57.1 Å². The molecule has 3 N–H and O–H groups in total. The van der Waals surface area contributed by atoms with Crippen LogP contribution in [-0.4, -0.2) is 29.8 Å². The minimum atomic E-state index is -0.373. The number of allylic oxidation sites excluding steroid dienone is 2. The molecule has 0 radical (unpaired) electrons. The van der Waals surface area contributed by atoms with Crippen LogP contribution in [0.15, 0.2) is 12.2 Å². The van der Waals surface area contributed by atoms with Crippen molar-refractivity contribution < 1.29 is 9.90 Å². The number of rotatable bonds is 3. The van der Waals surface area contributed by atoms with E-state index in [1.54, 1.807) is 0 Å². The Bertz CT molecular complexity index is 304. The number of carbonyl (C=O) groups is 1. The van der Waals surface area contributed by atoms with E-state index >= 15 is 0 Å². The van der Waals surface area contributed by atoms with Crippen LogP contribution in [0.1, 0.15) is 44.9 Å². The van der Waals surface area contributed by atoms with Gasteiger partial charge in [-0.15, -0.1) is 0 Å². The first-order valence-corrected chi connectivity index (χ1v) is 7.13. The molecular weight excluding hydrogens is 228 g/mol. The van der Waals surface area contributed by atoms with Crippen LogP contribution in [0.4, 0.5) is 4.79 Å². The zero-order chi connectivity index (χ0) is 12.8. The lowest BCUT2D eigenvalue weighted by molar-refractivity contribution is 0.0942. The highest BCUT2D eigenvalue weighted by molar-refractivity contribution is 5.74. The van der Waals surface area contributed by atoms with E-state index in [0.29, 0.717) is 5.92 Å². The lowest BCUT2D eigenvalue weighted by Crippen LogP contribution is -2.49. The summed E-state index contributed by atoms with van der Waals surface area (Å²) in [7, 11) is 0. The molecule has 2 aliphatic carbocycles. The van der Waals surface area contributed by atoms with Gasteiger partial charge in [0.15, 0.2) is 0 Å². The number of carbonyl (C=O) groups excluding carboxylic acids is 1. The zero-order valence-electron chi connectivity index (χ0n) is 10.9. The third-order valence-corrected chi connectivity index (χ3v) is 3.97. The Morgan fingerprint density at radius 1 is 1.22 bits per heavy atom. The van der Waals surface area contributed by atoms with Crippen LogP contribution in [0, 0.1) is 5.92 Å². The third kappa shape index (κ3) is 4.02. The maximum absolute atomic E-state index is 11.7. The molecule has 0 spiro atoms. The van der Waals surface area contributed by atoms with Gasteiger partial charge in [0.05, 0.1) is 12.1 Å². The van der Waals surface area contributed by atoms with Gasteiger partial charge in [-0.3, -0.25) is 0 Å². The molecule has 2 aliphatic rings. The van der Waals surface area contributed by atoms with Crippen LogP contribution in [0.3, 0.4) is 0 Å². The number of hydrogen-bond acceptors (Lipinski definition) is 2. The molecule has 0 bridgehead atoms. The highest BCUT2D eigenvalue weighted by atomic mass is 16.3. The molecule has 2 rings (SSSR count).